The van der Waals surface area contributed by atoms with Crippen molar-refractivity contribution in [2.24, 2.45) is 0 Å². The van der Waals surface area contributed by atoms with Crippen LogP contribution in [0.2, 0.25) is 0 Å². The normalized spacial score (nSPS) is 16.8. The molecule has 1 fully saturated rings. The zero-order chi connectivity index (χ0) is 25.9. The van der Waals surface area contributed by atoms with E-state index < -0.39 is 23.6 Å². The van der Waals surface area contributed by atoms with E-state index in [9.17, 15) is 27.9 Å². The summed E-state index contributed by atoms with van der Waals surface area (Å²) in [6.45, 7) is 1.11. The zero-order valence-corrected chi connectivity index (χ0v) is 19.0. The lowest BCUT2D eigenvalue weighted by molar-refractivity contribution is -0.137. The highest BCUT2D eigenvalue weighted by atomic mass is 19.4. The van der Waals surface area contributed by atoms with Gasteiger partial charge in [-0.25, -0.2) is 4.79 Å². The number of nitriles is 1. The Bertz CT molecular complexity index is 1280. The number of amides is 1. The fraction of sp³-hybridized carbons (Fsp3) is 0.222. The molecule has 0 aromatic heterocycles. The monoisotopic (exact) mass is 493 g/mol. The number of alkyl halides is 3. The molecule has 1 aliphatic heterocycles. The number of carboxylic acid groups (broad SMARTS) is 1. The standard InChI is InChI=1S/C27H22F3N3O3/c28-27(29,30)22-11-9-20(10-12-22)25(34)32-23-13-14-33(16-23)24(18-3-1-17(15-31)2-4-18)19-5-7-21(8-6-19)26(35)36/h1-12,23-24H,13-14,16H2,(H,32,34)(H,35,36)/t23-,24?/m1/s1. The van der Waals surface area contributed by atoms with Crippen molar-refractivity contribution in [1.29, 1.82) is 5.26 Å². The number of carboxylic acids is 1. The molecule has 1 amide bonds. The van der Waals surface area contributed by atoms with Crippen molar-refractivity contribution in [2.45, 2.75) is 24.7 Å². The minimum Gasteiger partial charge on any atom is -0.478 e. The maximum atomic E-state index is 12.8. The first kappa shape index (κ1) is 24.9. The molecule has 0 saturated carbocycles. The first-order valence-electron chi connectivity index (χ1n) is 11.2. The molecule has 184 valence electrons. The third kappa shape index (κ3) is 5.56. The van der Waals surface area contributed by atoms with Crippen LogP contribution in [0.1, 0.15) is 55.4 Å². The molecular weight excluding hydrogens is 471 g/mol. The number of hydrogen-bond donors (Lipinski definition) is 2. The van der Waals surface area contributed by atoms with Crippen molar-refractivity contribution < 1.29 is 27.9 Å². The first-order valence-corrected chi connectivity index (χ1v) is 11.2. The van der Waals surface area contributed by atoms with Gasteiger partial charge in [0, 0.05) is 24.7 Å². The van der Waals surface area contributed by atoms with Gasteiger partial charge in [0.2, 0.25) is 0 Å². The van der Waals surface area contributed by atoms with Crippen LogP contribution >= 0.6 is 0 Å². The number of likely N-dealkylation sites (tertiary alicyclic amines) is 1. The van der Waals surface area contributed by atoms with Crippen molar-refractivity contribution >= 4 is 11.9 Å². The van der Waals surface area contributed by atoms with Gasteiger partial charge in [-0.15, -0.1) is 0 Å². The van der Waals surface area contributed by atoms with E-state index in [1.807, 2.05) is 12.1 Å². The van der Waals surface area contributed by atoms with Crippen LogP contribution in [0.15, 0.2) is 72.8 Å². The number of nitrogens with one attached hydrogen (secondary N) is 1. The number of halogens is 3. The van der Waals surface area contributed by atoms with Gasteiger partial charge in [0.1, 0.15) is 0 Å². The second-order valence-corrected chi connectivity index (χ2v) is 8.59. The lowest BCUT2D eigenvalue weighted by Gasteiger charge is -2.29. The Morgan fingerprint density at radius 1 is 0.944 bits per heavy atom. The predicted molar refractivity (Wildman–Crippen MR) is 125 cm³/mol. The molecule has 6 nitrogen and oxygen atoms in total. The molecule has 9 heteroatoms. The quantitative estimate of drug-likeness (QED) is 0.511. The average molecular weight is 493 g/mol. The molecule has 2 atom stereocenters. The van der Waals surface area contributed by atoms with Gasteiger partial charge in [0.05, 0.1) is 28.8 Å². The highest BCUT2D eigenvalue weighted by Gasteiger charge is 2.32. The Balaban J connectivity index is 1.52. The first-order chi connectivity index (χ1) is 17.2. The molecule has 2 N–H and O–H groups in total. The Labute approximate surface area is 205 Å². The molecule has 3 aromatic carbocycles. The highest BCUT2D eigenvalue weighted by Crippen LogP contribution is 2.33. The fourth-order valence-electron chi connectivity index (χ4n) is 4.38. The molecular formula is C27H22F3N3O3. The van der Waals surface area contributed by atoms with Gasteiger partial charge < -0.3 is 10.4 Å². The number of benzene rings is 3. The maximum absolute atomic E-state index is 12.8. The van der Waals surface area contributed by atoms with Crippen LogP contribution < -0.4 is 5.32 Å². The summed E-state index contributed by atoms with van der Waals surface area (Å²) in [5.41, 5.74) is 1.79. The number of aromatic carboxylic acids is 1. The fourth-order valence-corrected chi connectivity index (χ4v) is 4.38. The van der Waals surface area contributed by atoms with E-state index in [2.05, 4.69) is 16.3 Å². The van der Waals surface area contributed by atoms with Crippen LogP contribution in [-0.4, -0.2) is 41.0 Å². The minimum absolute atomic E-state index is 0.148. The van der Waals surface area contributed by atoms with Gasteiger partial charge in [0.15, 0.2) is 0 Å². The average Bonchev–Trinajstić information content (AvgIpc) is 3.32. The Morgan fingerprint density at radius 2 is 1.50 bits per heavy atom. The number of nitrogens with zero attached hydrogens (tertiary/aromatic N) is 2. The van der Waals surface area contributed by atoms with Gasteiger partial charge in [-0.1, -0.05) is 24.3 Å². The van der Waals surface area contributed by atoms with E-state index in [1.54, 1.807) is 24.3 Å². The topological polar surface area (TPSA) is 93.4 Å². The zero-order valence-electron chi connectivity index (χ0n) is 19.0. The Hall–Kier alpha value is -4.16. The van der Waals surface area contributed by atoms with Crippen LogP contribution in [0.3, 0.4) is 0 Å². The number of carbonyl (C=O) groups excluding carboxylic acids is 1. The van der Waals surface area contributed by atoms with Crippen LogP contribution in [-0.2, 0) is 6.18 Å². The number of rotatable bonds is 6. The molecule has 0 radical (unpaired) electrons. The molecule has 0 aliphatic carbocycles. The smallest absolute Gasteiger partial charge is 0.416 e. The third-order valence-electron chi connectivity index (χ3n) is 6.22. The number of carbonyl (C=O) groups is 2. The molecule has 1 heterocycles. The Morgan fingerprint density at radius 3 is 2.03 bits per heavy atom. The molecule has 3 aromatic rings. The van der Waals surface area contributed by atoms with Gasteiger partial charge in [-0.2, -0.15) is 18.4 Å². The summed E-state index contributed by atoms with van der Waals surface area (Å²) in [7, 11) is 0. The van der Waals surface area contributed by atoms with Crippen LogP contribution in [0.5, 0.6) is 0 Å². The van der Waals surface area contributed by atoms with Crippen molar-refractivity contribution in [3.63, 3.8) is 0 Å². The van der Waals surface area contributed by atoms with E-state index in [0.717, 1.165) is 35.4 Å². The lowest BCUT2D eigenvalue weighted by Crippen LogP contribution is -2.38. The summed E-state index contributed by atoms with van der Waals surface area (Å²) in [6.07, 6.45) is -3.84. The summed E-state index contributed by atoms with van der Waals surface area (Å²) in [5.74, 6) is -1.47. The van der Waals surface area contributed by atoms with Gasteiger partial charge in [0.25, 0.3) is 5.91 Å². The van der Waals surface area contributed by atoms with Crippen molar-refractivity contribution in [2.75, 3.05) is 13.1 Å². The van der Waals surface area contributed by atoms with Crippen molar-refractivity contribution in [3.8, 4) is 6.07 Å². The minimum atomic E-state index is -4.47. The molecule has 1 saturated heterocycles. The third-order valence-corrected chi connectivity index (χ3v) is 6.22. The van der Waals surface area contributed by atoms with Gasteiger partial charge >= 0.3 is 12.1 Å². The van der Waals surface area contributed by atoms with E-state index in [4.69, 9.17) is 5.26 Å². The summed E-state index contributed by atoms with van der Waals surface area (Å²) >= 11 is 0. The lowest BCUT2D eigenvalue weighted by atomic mass is 9.95. The van der Waals surface area contributed by atoms with Gasteiger partial charge in [-0.3, -0.25) is 9.69 Å². The van der Waals surface area contributed by atoms with E-state index in [1.165, 1.54) is 12.1 Å². The number of hydrogen-bond acceptors (Lipinski definition) is 4. The van der Waals surface area contributed by atoms with Crippen molar-refractivity contribution in [3.05, 3.63) is 106 Å². The van der Waals surface area contributed by atoms with Gasteiger partial charge in [-0.05, 0) is 66.1 Å². The van der Waals surface area contributed by atoms with Crippen LogP contribution in [0.25, 0.3) is 0 Å². The SMILES string of the molecule is N#Cc1ccc(C(c2ccc(C(=O)O)cc2)N2CC[C@@H](NC(=O)c3ccc(C(F)(F)F)cc3)C2)cc1. The van der Waals surface area contributed by atoms with Crippen LogP contribution in [0, 0.1) is 11.3 Å². The molecule has 36 heavy (non-hydrogen) atoms. The molecule has 4 rings (SSSR count). The highest BCUT2D eigenvalue weighted by molar-refractivity contribution is 5.94. The van der Waals surface area contributed by atoms with Crippen LogP contribution in [0.4, 0.5) is 13.2 Å². The molecule has 1 aliphatic rings. The van der Waals surface area contributed by atoms with E-state index >= 15 is 0 Å². The summed E-state index contributed by atoms with van der Waals surface area (Å²) in [6, 6.07) is 19.4. The van der Waals surface area contributed by atoms with Crippen molar-refractivity contribution in [1.82, 2.24) is 10.2 Å². The molecule has 0 spiro atoms. The maximum Gasteiger partial charge on any atom is 0.416 e. The summed E-state index contributed by atoms with van der Waals surface area (Å²) in [4.78, 5) is 26.1. The summed E-state index contributed by atoms with van der Waals surface area (Å²) in [5, 5.41) is 21.3. The second-order valence-electron chi connectivity index (χ2n) is 8.59. The largest absolute Gasteiger partial charge is 0.478 e. The summed E-state index contributed by atoms with van der Waals surface area (Å²) < 4.78 is 38.4. The Kier molecular flexibility index (Phi) is 7.08. The van der Waals surface area contributed by atoms with E-state index in [0.29, 0.717) is 25.1 Å². The molecule has 0 bridgehead atoms. The predicted octanol–water partition coefficient (Wildman–Crippen LogP) is 4.87. The molecule has 1 unspecified atom stereocenters. The second kappa shape index (κ2) is 10.2. The van der Waals surface area contributed by atoms with E-state index in [-0.39, 0.29) is 23.2 Å².